The molecule has 0 spiro atoms. The van der Waals surface area contributed by atoms with Crippen LogP contribution in [0.15, 0.2) is 66.7 Å². The Hall–Kier alpha value is -4.45. The molecule has 0 bridgehead atoms. The van der Waals surface area contributed by atoms with E-state index in [9.17, 15) is 4.79 Å². The number of aromatic nitrogens is 2. The number of nitrogens with one attached hydrogen (secondary N) is 2. The van der Waals surface area contributed by atoms with Gasteiger partial charge in [-0.2, -0.15) is 0 Å². The van der Waals surface area contributed by atoms with Gasteiger partial charge in [-0.15, -0.1) is 0 Å². The Morgan fingerprint density at radius 2 is 1.43 bits per heavy atom. The number of ether oxygens (including phenoxy) is 2. The van der Waals surface area contributed by atoms with E-state index in [1.165, 1.54) is 0 Å². The third-order valence-corrected chi connectivity index (χ3v) is 7.19. The highest BCUT2D eigenvalue weighted by Crippen LogP contribution is 2.44. The zero-order valence-electron chi connectivity index (χ0n) is 19.4. The number of methoxy groups -OCH3 is 2. The van der Waals surface area contributed by atoms with Crippen LogP contribution in [0.5, 0.6) is 11.5 Å². The zero-order chi connectivity index (χ0) is 23.7. The number of nitrogens with zero attached hydrogens (tertiary/aromatic N) is 1. The van der Waals surface area contributed by atoms with E-state index in [4.69, 9.17) is 9.47 Å². The van der Waals surface area contributed by atoms with Crippen LogP contribution >= 0.6 is 0 Å². The second-order valence-electron chi connectivity index (χ2n) is 9.05. The Labute approximate surface area is 201 Å². The molecule has 7 rings (SSSR count). The molecule has 0 radical (unpaired) electrons. The molecule has 0 unspecified atom stereocenters. The summed E-state index contributed by atoms with van der Waals surface area (Å²) in [6.45, 7) is 1.04. The highest BCUT2D eigenvalue weighted by Gasteiger charge is 2.34. The third kappa shape index (κ3) is 2.74. The van der Waals surface area contributed by atoms with Crippen molar-refractivity contribution in [3.63, 3.8) is 0 Å². The fourth-order valence-corrected chi connectivity index (χ4v) is 5.65. The van der Waals surface area contributed by atoms with E-state index in [-0.39, 0.29) is 5.91 Å². The first kappa shape index (κ1) is 20.0. The fourth-order valence-electron chi connectivity index (χ4n) is 5.65. The van der Waals surface area contributed by atoms with Gasteiger partial charge in [0.25, 0.3) is 5.91 Å². The van der Waals surface area contributed by atoms with Crippen LogP contribution in [-0.2, 0) is 13.1 Å². The number of hydrogen-bond acceptors (Lipinski definition) is 3. The highest BCUT2D eigenvalue weighted by molar-refractivity contribution is 6.30. The van der Waals surface area contributed by atoms with E-state index in [0.29, 0.717) is 24.6 Å². The predicted molar refractivity (Wildman–Crippen MR) is 138 cm³/mol. The molecule has 6 heteroatoms. The van der Waals surface area contributed by atoms with Gasteiger partial charge in [0.05, 0.1) is 30.8 Å². The van der Waals surface area contributed by atoms with Gasteiger partial charge in [-0.3, -0.25) is 4.79 Å². The fraction of sp³-hybridized carbons (Fsp3) is 0.138. The van der Waals surface area contributed by atoms with Gasteiger partial charge in [0.15, 0.2) is 11.5 Å². The lowest BCUT2D eigenvalue weighted by Gasteiger charge is -2.17. The minimum atomic E-state index is 0.0525. The SMILES string of the molecule is COc1ccc(CN2Cc3c(c4c5ccccc5[nH]c4c4[nH]c5ccccc5c34)C2=O)cc1OC. The molecule has 4 aromatic carbocycles. The summed E-state index contributed by atoms with van der Waals surface area (Å²) < 4.78 is 10.9. The van der Waals surface area contributed by atoms with Crippen molar-refractivity contribution in [2.75, 3.05) is 14.2 Å². The van der Waals surface area contributed by atoms with Gasteiger partial charge in [0.2, 0.25) is 0 Å². The van der Waals surface area contributed by atoms with Crippen molar-refractivity contribution in [2.24, 2.45) is 0 Å². The lowest BCUT2D eigenvalue weighted by molar-refractivity contribution is 0.0768. The first-order valence-electron chi connectivity index (χ1n) is 11.6. The van der Waals surface area contributed by atoms with Crippen LogP contribution in [0.2, 0.25) is 0 Å². The molecule has 0 saturated heterocycles. The Kier molecular flexibility index (Phi) is 4.15. The van der Waals surface area contributed by atoms with Crippen molar-refractivity contribution < 1.29 is 14.3 Å². The number of rotatable bonds is 4. The largest absolute Gasteiger partial charge is 0.493 e. The summed E-state index contributed by atoms with van der Waals surface area (Å²) in [5.41, 5.74) is 7.02. The molecule has 2 N–H and O–H groups in total. The maximum atomic E-state index is 14.0. The van der Waals surface area contributed by atoms with Crippen LogP contribution in [-0.4, -0.2) is 35.0 Å². The van der Waals surface area contributed by atoms with E-state index >= 15 is 0 Å². The van der Waals surface area contributed by atoms with Gasteiger partial charge < -0.3 is 24.3 Å². The number of fused-ring (bicyclic) bond motifs is 10. The van der Waals surface area contributed by atoms with Crippen molar-refractivity contribution in [1.29, 1.82) is 0 Å². The summed E-state index contributed by atoms with van der Waals surface area (Å²) in [6.07, 6.45) is 0. The Balaban J connectivity index is 1.46. The smallest absolute Gasteiger partial charge is 0.255 e. The molecule has 1 aliphatic rings. The monoisotopic (exact) mass is 461 g/mol. The van der Waals surface area contributed by atoms with Crippen LogP contribution in [0.3, 0.4) is 0 Å². The highest BCUT2D eigenvalue weighted by atomic mass is 16.5. The normalized spacial score (nSPS) is 13.4. The number of carbonyl (C=O) groups excluding carboxylic acids is 1. The maximum absolute atomic E-state index is 14.0. The molecule has 6 nitrogen and oxygen atoms in total. The molecule has 0 atom stereocenters. The van der Waals surface area contributed by atoms with Crippen LogP contribution in [0.4, 0.5) is 0 Å². The number of amides is 1. The van der Waals surface area contributed by atoms with E-state index in [0.717, 1.165) is 60.3 Å². The minimum Gasteiger partial charge on any atom is -0.493 e. The summed E-state index contributed by atoms with van der Waals surface area (Å²) in [7, 11) is 3.25. The molecule has 172 valence electrons. The predicted octanol–water partition coefficient (Wildman–Crippen LogP) is 6.13. The first-order valence-corrected chi connectivity index (χ1v) is 11.6. The van der Waals surface area contributed by atoms with E-state index in [2.05, 4.69) is 40.3 Å². The average Bonchev–Trinajstić information content (AvgIpc) is 3.55. The Bertz CT molecular complexity index is 1810. The summed E-state index contributed by atoms with van der Waals surface area (Å²) >= 11 is 0. The third-order valence-electron chi connectivity index (χ3n) is 7.19. The first-order chi connectivity index (χ1) is 17.2. The van der Waals surface area contributed by atoms with Gasteiger partial charge in [-0.05, 0) is 35.4 Å². The Morgan fingerprint density at radius 1 is 0.800 bits per heavy atom. The maximum Gasteiger partial charge on any atom is 0.255 e. The van der Waals surface area contributed by atoms with Crippen LogP contribution in [0.1, 0.15) is 21.5 Å². The van der Waals surface area contributed by atoms with Gasteiger partial charge in [0, 0.05) is 45.7 Å². The summed E-state index contributed by atoms with van der Waals surface area (Å²) in [4.78, 5) is 23.1. The standard InChI is InChI=1S/C29H23N3O3/c1-34-22-12-11-16(13-23(22)35-2)14-32-15-19-24-17-7-3-5-9-20(17)30-27(24)28-25(26(19)29(32)33)18-8-4-6-10-21(18)31-28/h3-13,30-31H,14-15H2,1-2H3. The van der Waals surface area contributed by atoms with Crippen LogP contribution < -0.4 is 9.47 Å². The van der Waals surface area contributed by atoms with Crippen LogP contribution in [0, 0.1) is 0 Å². The molecular weight excluding hydrogens is 438 g/mol. The van der Waals surface area contributed by atoms with Gasteiger partial charge in [-0.1, -0.05) is 42.5 Å². The van der Waals surface area contributed by atoms with Crippen molar-refractivity contribution in [3.8, 4) is 11.5 Å². The number of para-hydroxylation sites is 2. The molecule has 0 saturated carbocycles. The lowest BCUT2D eigenvalue weighted by Crippen LogP contribution is -2.23. The molecular formula is C29H23N3O3. The quantitative estimate of drug-likeness (QED) is 0.332. The van der Waals surface area contributed by atoms with Crippen molar-refractivity contribution in [2.45, 2.75) is 13.1 Å². The van der Waals surface area contributed by atoms with Crippen molar-refractivity contribution >= 4 is 49.5 Å². The molecule has 0 fully saturated rings. The van der Waals surface area contributed by atoms with E-state index in [1.54, 1.807) is 14.2 Å². The summed E-state index contributed by atoms with van der Waals surface area (Å²) in [6, 6.07) is 22.3. The number of hydrogen-bond donors (Lipinski definition) is 2. The van der Waals surface area contributed by atoms with Crippen molar-refractivity contribution in [3.05, 3.63) is 83.4 Å². The molecule has 1 amide bonds. The minimum absolute atomic E-state index is 0.0525. The average molecular weight is 462 g/mol. The van der Waals surface area contributed by atoms with Crippen LogP contribution in [0.25, 0.3) is 43.6 Å². The topological polar surface area (TPSA) is 70.3 Å². The molecule has 2 aromatic heterocycles. The number of benzene rings is 4. The number of aromatic amines is 2. The van der Waals surface area contributed by atoms with Crippen molar-refractivity contribution in [1.82, 2.24) is 14.9 Å². The zero-order valence-corrected chi connectivity index (χ0v) is 19.4. The second kappa shape index (κ2) is 7.27. The number of carbonyl (C=O) groups is 1. The summed E-state index contributed by atoms with van der Waals surface area (Å²) in [5.74, 6) is 1.39. The second-order valence-corrected chi connectivity index (χ2v) is 9.05. The lowest BCUT2D eigenvalue weighted by atomic mass is 9.97. The molecule has 1 aliphatic heterocycles. The van der Waals surface area contributed by atoms with E-state index < -0.39 is 0 Å². The van der Waals surface area contributed by atoms with E-state index in [1.807, 2.05) is 41.3 Å². The molecule has 6 aromatic rings. The molecule has 3 heterocycles. The molecule has 35 heavy (non-hydrogen) atoms. The van der Waals surface area contributed by atoms with Gasteiger partial charge in [-0.25, -0.2) is 0 Å². The Morgan fingerprint density at radius 3 is 2.11 bits per heavy atom. The molecule has 0 aliphatic carbocycles. The van der Waals surface area contributed by atoms with Gasteiger partial charge >= 0.3 is 0 Å². The summed E-state index contributed by atoms with van der Waals surface area (Å²) in [5, 5.41) is 4.33. The van der Waals surface area contributed by atoms with Gasteiger partial charge in [0.1, 0.15) is 0 Å². The number of H-pyrrole nitrogens is 2.